The smallest absolute Gasteiger partial charge is 0.345 e. The fourth-order valence-electron chi connectivity index (χ4n) is 3.64. The number of amides is 2. The van der Waals surface area contributed by atoms with Crippen molar-refractivity contribution < 1.29 is 28.6 Å². The lowest BCUT2D eigenvalue weighted by atomic mass is 10.1. The second kappa shape index (κ2) is 13.2. The molecule has 0 saturated carbocycles. The van der Waals surface area contributed by atoms with Gasteiger partial charge in [0, 0.05) is 37.4 Å². The van der Waals surface area contributed by atoms with Gasteiger partial charge in [0.05, 0.1) is 19.1 Å². The molecule has 0 radical (unpaired) electrons. The van der Waals surface area contributed by atoms with E-state index in [0.717, 1.165) is 11.1 Å². The highest BCUT2D eigenvalue weighted by molar-refractivity contribution is 5.81. The van der Waals surface area contributed by atoms with E-state index in [-0.39, 0.29) is 50.2 Å². The van der Waals surface area contributed by atoms with Gasteiger partial charge < -0.3 is 25.0 Å². The number of nitrogens with one attached hydrogen (secondary N) is 2. The van der Waals surface area contributed by atoms with Crippen LogP contribution in [0.5, 0.6) is 0 Å². The Balaban J connectivity index is 0.00000129. The van der Waals surface area contributed by atoms with Gasteiger partial charge in [-0.3, -0.25) is 14.4 Å². The first-order valence-electron chi connectivity index (χ1n) is 10.8. The van der Waals surface area contributed by atoms with E-state index in [4.69, 9.17) is 14.6 Å². The summed E-state index contributed by atoms with van der Waals surface area (Å²) in [5.74, 6) is -1.10. The Hall–Kier alpha value is -3.60. The molecule has 1 aliphatic rings. The molecule has 2 aromatic rings. The molecule has 0 aliphatic carbocycles. The highest BCUT2D eigenvalue weighted by Crippen LogP contribution is 2.14. The minimum atomic E-state index is -0.481. The molecular formula is C23H29FN4O6. The van der Waals surface area contributed by atoms with E-state index in [1.54, 1.807) is 30.9 Å². The van der Waals surface area contributed by atoms with Gasteiger partial charge in [-0.05, 0) is 43.5 Å². The maximum absolute atomic E-state index is 13.0. The largest absolute Gasteiger partial charge is 0.483 e. The zero-order chi connectivity index (χ0) is 25.1. The number of hydrogen-bond acceptors (Lipinski definition) is 6. The first-order valence-corrected chi connectivity index (χ1v) is 10.8. The summed E-state index contributed by atoms with van der Waals surface area (Å²) < 4.78 is 18.5. The Bertz CT molecular complexity index is 1010. The van der Waals surface area contributed by atoms with Crippen molar-refractivity contribution in [2.45, 2.75) is 33.2 Å². The molecule has 3 rings (SSSR count). The van der Waals surface area contributed by atoms with Crippen LogP contribution in [0.2, 0.25) is 0 Å². The van der Waals surface area contributed by atoms with Gasteiger partial charge in [-0.15, -0.1) is 0 Å². The quantitative estimate of drug-likeness (QED) is 0.527. The lowest BCUT2D eigenvalue weighted by Gasteiger charge is -2.23. The molecule has 34 heavy (non-hydrogen) atoms. The highest BCUT2D eigenvalue weighted by Gasteiger charge is 2.27. The van der Waals surface area contributed by atoms with Crippen molar-refractivity contribution in [1.29, 1.82) is 0 Å². The SMILES string of the molecule is Cc1nc(=O)[nH]c(C)c1CCC(=O)N1CCOCC(C(=O)NCc2ccc(F)cc2)C1.O=CO. The number of H-pyrrole nitrogens is 1. The van der Waals surface area contributed by atoms with Crippen molar-refractivity contribution >= 4 is 18.3 Å². The van der Waals surface area contributed by atoms with E-state index in [1.807, 2.05) is 0 Å². The van der Waals surface area contributed by atoms with Crippen molar-refractivity contribution in [3.63, 3.8) is 0 Å². The second-order valence-corrected chi connectivity index (χ2v) is 7.79. The summed E-state index contributed by atoms with van der Waals surface area (Å²) in [6, 6.07) is 5.92. The highest BCUT2D eigenvalue weighted by atomic mass is 19.1. The molecule has 3 N–H and O–H groups in total. The molecule has 1 aliphatic heterocycles. The van der Waals surface area contributed by atoms with E-state index in [1.165, 1.54) is 12.1 Å². The fraction of sp³-hybridized carbons (Fsp3) is 0.435. The Morgan fingerprint density at radius 2 is 2.00 bits per heavy atom. The Kier molecular flexibility index (Phi) is 10.3. The number of aromatic amines is 1. The molecule has 10 nitrogen and oxygen atoms in total. The van der Waals surface area contributed by atoms with Crippen LogP contribution in [0.25, 0.3) is 0 Å². The predicted octanol–water partition coefficient (Wildman–Crippen LogP) is 0.951. The summed E-state index contributed by atoms with van der Waals surface area (Å²) in [5.41, 5.74) is 2.57. The van der Waals surface area contributed by atoms with Crippen LogP contribution in [0.4, 0.5) is 4.39 Å². The first kappa shape index (κ1) is 26.7. The van der Waals surface area contributed by atoms with Crippen LogP contribution < -0.4 is 11.0 Å². The molecule has 1 atom stereocenters. The second-order valence-electron chi connectivity index (χ2n) is 7.79. The maximum atomic E-state index is 13.0. The number of carbonyl (C=O) groups excluding carboxylic acids is 2. The van der Waals surface area contributed by atoms with Gasteiger partial charge in [0.1, 0.15) is 5.82 Å². The normalized spacial score (nSPS) is 15.5. The molecule has 2 heterocycles. The van der Waals surface area contributed by atoms with E-state index >= 15 is 0 Å². The molecule has 184 valence electrons. The van der Waals surface area contributed by atoms with Gasteiger partial charge >= 0.3 is 5.69 Å². The van der Waals surface area contributed by atoms with Gasteiger partial charge in [0.25, 0.3) is 6.47 Å². The summed E-state index contributed by atoms with van der Waals surface area (Å²) in [6.07, 6.45) is 0.707. The molecule has 2 amide bonds. The van der Waals surface area contributed by atoms with Crippen molar-refractivity contribution in [3.05, 3.63) is 63.1 Å². The van der Waals surface area contributed by atoms with Crippen LogP contribution in [0, 0.1) is 25.6 Å². The van der Waals surface area contributed by atoms with Gasteiger partial charge in [-0.25, -0.2) is 9.18 Å². The molecule has 0 spiro atoms. The number of ether oxygens (including phenoxy) is 1. The fourth-order valence-corrected chi connectivity index (χ4v) is 3.64. The molecule has 1 unspecified atom stereocenters. The molecule has 1 saturated heterocycles. The maximum Gasteiger partial charge on any atom is 0.345 e. The third-order valence-electron chi connectivity index (χ3n) is 5.41. The molecule has 11 heteroatoms. The van der Waals surface area contributed by atoms with E-state index in [9.17, 15) is 18.8 Å². The first-order chi connectivity index (χ1) is 16.2. The molecule has 0 bridgehead atoms. The van der Waals surface area contributed by atoms with Crippen LogP contribution in [0.15, 0.2) is 29.1 Å². The summed E-state index contributed by atoms with van der Waals surface area (Å²) in [7, 11) is 0. The van der Waals surface area contributed by atoms with Crippen molar-refractivity contribution in [3.8, 4) is 0 Å². The minimum Gasteiger partial charge on any atom is -0.483 e. The van der Waals surface area contributed by atoms with Crippen LogP contribution in [0.3, 0.4) is 0 Å². The molecule has 1 aromatic heterocycles. The minimum absolute atomic E-state index is 0.0770. The lowest BCUT2D eigenvalue weighted by Crippen LogP contribution is -2.41. The number of benzene rings is 1. The standard InChI is InChI=1S/C22H27FN4O4.CH2O2/c1-14-19(15(2)26-22(30)25-14)7-8-20(28)27-9-10-31-13-17(12-27)21(29)24-11-16-3-5-18(23)6-4-16;2-1-3/h3-6,17H,7-13H2,1-2H3,(H,24,29)(H,25,26,30);1H,(H,2,3). The molecule has 1 fully saturated rings. The number of carbonyl (C=O) groups is 3. The van der Waals surface area contributed by atoms with Crippen molar-refractivity contribution in [1.82, 2.24) is 20.2 Å². The third-order valence-corrected chi connectivity index (χ3v) is 5.41. The number of halogens is 1. The van der Waals surface area contributed by atoms with Crippen molar-refractivity contribution in [2.75, 3.05) is 26.3 Å². The summed E-state index contributed by atoms with van der Waals surface area (Å²) in [6.45, 7) is 4.87. The number of aromatic nitrogens is 2. The lowest BCUT2D eigenvalue weighted by molar-refractivity contribution is -0.133. The van der Waals surface area contributed by atoms with Crippen molar-refractivity contribution in [2.24, 2.45) is 5.92 Å². The summed E-state index contributed by atoms with van der Waals surface area (Å²) >= 11 is 0. The van der Waals surface area contributed by atoms with Gasteiger partial charge in [-0.1, -0.05) is 12.1 Å². The van der Waals surface area contributed by atoms with Crippen LogP contribution in [0.1, 0.15) is 28.9 Å². The number of aryl methyl sites for hydroxylation is 2. The van der Waals surface area contributed by atoms with Gasteiger partial charge in [0.2, 0.25) is 11.8 Å². The Labute approximate surface area is 196 Å². The van der Waals surface area contributed by atoms with E-state index < -0.39 is 11.6 Å². The number of carboxylic acid groups (broad SMARTS) is 1. The van der Waals surface area contributed by atoms with E-state index in [0.29, 0.717) is 31.0 Å². The summed E-state index contributed by atoms with van der Waals surface area (Å²) in [5, 5.41) is 9.72. The zero-order valence-electron chi connectivity index (χ0n) is 19.2. The third kappa shape index (κ3) is 8.07. The van der Waals surface area contributed by atoms with Gasteiger partial charge in [-0.2, -0.15) is 4.98 Å². The topological polar surface area (TPSA) is 142 Å². The number of hydrogen-bond donors (Lipinski definition) is 3. The Morgan fingerprint density at radius 3 is 2.65 bits per heavy atom. The van der Waals surface area contributed by atoms with Gasteiger partial charge in [0.15, 0.2) is 0 Å². The van der Waals surface area contributed by atoms with Crippen LogP contribution >= 0.6 is 0 Å². The van der Waals surface area contributed by atoms with E-state index in [2.05, 4.69) is 15.3 Å². The predicted molar refractivity (Wildman–Crippen MR) is 120 cm³/mol. The molecule has 1 aromatic carbocycles. The Morgan fingerprint density at radius 1 is 1.32 bits per heavy atom. The molecular weight excluding hydrogens is 447 g/mol. The average molecular weight is 477 g/mol. The zero-order valence-corrected chi connectivity index (χ0v) is 19.2. The van der Waals surface area contributed by atoms with Crippen LogP contribution in [-0.2, 0) is 32.1 Å². The average Bonchev–Trinajstić information content (AvgIpc) is 3.05. The van der Waals surface area contributed by atoms with Crippen LogP contribution in [-0.4, -0.2) is 64.6 Å². The summed E-state index contributed by atoms with van der Waals surface area (Å²) in [4.78, 5) is 53.4. The number of nitrogens with zero attached hydrogens (tertiary/aromatic N) is 2. The number of rotatable bonds is 6. The monoisotopic (exact) mass is 476 g/mol.